The van der Waals surface area contributed by atoms with Gasteiger partial charge in [0.05, 0.1) is 26.0 Å². The molecule has 3 heterocycles. The van der Waals surface area contributed by atoms with Crippen LogP contribution in [0.1, 0.15) is 32.9 Å². The number of aliphatic hydroxyl groups is 2. The van der Waals surface area contributed by atoms with Crippen LogP contribution in [0.3, 0.4) is 0 Å². The monoisotopic (exact) mass is 839 g/mol. The van der Waals surface area contributed by atoms with Crippen LogP contribution < -0.4 is 16.4 Å². The Balaban J connectivity index is 1.51. The number of nitrogens with one attached hydrogen (secondary N) is 2. The molecular formula is C24H40N7O18P3S. The minimum atomic E-state index is -5.57. The highest BCUT2D eigenvalue weighted by Gasteiger charge is 2.50. The van der Waals surface area contributed by atoms with Crippen LogP contribution in [0.15, 0.2) is 12.7 Å². The second-order valence-corrected chi connectivity index (χ2v) is 17.3. The van der Waals surface area contributed by atoms with Crippen molar-refractivity contribution in [2.24, 2.45) is 5.41 Å². The van der Waals surface area contributed by atoms with E-state index in [1.807, 2.05) is 0 Å². The molecule has 0 aromatic carbocycles. The molecule has 1 saturated heterocycles. The van der Waals surface area contributed by atoms with Crippen LogP contribution in [0.5, 0.6) is 0 Å². The van der Waals surface area contributed by atoms with E-state index in [9.17, 15) is 57.9 Å². The summed E-state index contributed by atoms with van der Waals surface area (Å²) in [5, 5.41) is 34.8. The van der Waals surface area contributed by atoms with Crippen LogP contribution in [0.25, 0.3) is 11.2 Å². The van der Waals surface area contributed by atoms with Gasteiger partial charge >= 0.3 is 29.4 Å². The number of carboxylic acid groups (broad SMARTS) is 1. The normalized spacial score (nSPS) is 22.2. The largest absolute Gasteiger partial charge is 0.481 e. The third-order valence-electron chi connectivity index (χ3n) is 7.11. The van der Waals surface area contributed by atoms with Crippen molar-refractivity contribution in [1.29, 1.82) is 0 Å². The van der Waals surface area contributed by atoms with Crippen molar-refractivity contribution >= 4 is 70.0 Å². The molecule has 300 valence electrons. The number of phosphoric acid groups is 3. The molecule has 0 saturated carbocycles. The average Bonchev–Trinajstić information content (AvgIpc) is 3.60. The highest BCUT2D eigenvalue weighted by Crippen LogP contribution is 2.61. The molecule has 53 heavy (non-hydrogen) atoms. The van der Waals surface area contributed by atoms with E-state index in [1.54, 1.807) is 0 Å². The fourth-order valence-corrected chi connectivity index (χ4v) is 8.06. The number of carbonyl (C=O) groups excluding carboxylic acids is 2. The molecule has 3 unspecified atom stereocenters. The molecule has 0 aliphatic carbocycles. The number of hydrogen-bond donors (Lipinski definition) is 10. The van der Waals surface area contributed by atoms with Crippen molar-refractivity contribution in [3.8, 4) is 0 Å². The highest BCUT2D eigenvalue weighted by atomic mass is 32.2. The molecule has 0 bridgehead atoms. The lowest BCUT2D eigenvalue weighted by Crippen LogP contribution is -2.46. The molecule has 3 rings (SSSR count). The molecule has 1 aliphatic heterocycles. The zero-order valence-corrected chi connectivity index (χ0v) is 31.4. The number of aliphatic carboxylic acids is 1. The number of nitrogen functional groups attached to an aromatic ring is 1. The van der Waals surface area contributed by atoms with Gasteiger partial charge in [-0.2, -0.15) is 16.1 Å². The maximum absolute atomic E-state index is 12.6. The van der Waals surface area contributed by atoms with Crippen LogP contribution in [0.4, 0.5) is 5.82 Å². The third-order valence-corrected chi connectivity index (χ3v) is 11.2. The SMILES string of the molecule is CC(C)(COP(=O)(O)OP(=O)(O)OC[C@H]1O[C@@H](n2cnc3c(N)ncnc32)[C@H](O)[C@@H]1OP(=O)(O)O)C(O)C(=O)NCCC(=O)NCCSCCC(=O)O. The Bertz CT molecular complexity index is 1750. The van der Waals surface area contributed by atoms with Gasteiger partial charge in [0.2, 0.25) is 11.8 Å². The Morgan fingerprint density at radius 3 is 2.38 bits per heavy atom. The lowest BCUT2D eigenvalue weighted by atomic mass is 9.87. The summed E-state index contributed by atoms with van der Waals surface area (Å²) in [5.74, 6) is -1.53. The fraction of sp³-hybridized carbons (Fsp3) is 0.667. The van der Waals surface area contributed by atoms with E-state index in [4.69, 9.17) is 24.6 Å². The molecule has 2 aromatic heterocycles. The molecule has 11 N–H and O–H groups in total. The number of nitrogens with two attached hydrogens (primary N) is 1. The van der Waals surface area contributed by atoms with Gasteiger partial charge in [0, 0.05) is 36.4 Å². The molecule has 25 nitrogen and oxygen atoms in total. The summed E-state index contributed by atoms with van der Waals surface area (Å²) >= 11 is 1.33. The number of phosphoric ester groups is 3. The van der Waals surface area contributed by atoms with E-state index in [0.29, 0.717) is 11.5 Å². The number of hydrogen-bond acceptors (Lipinski definition) is 18. The molecular weight excluding hydrogens is 799 g/mol. The first-order valence-corrected chi connectivity index (χ1v) is 20.9. The quantitative estimate of drug-likeness (QED) is 0.0482. The van der Waals surface area contributed by atoms with Crippen LogP contribution in [0.2, 0.25) is 0 Å². The number of aromatic nitrogens is 4. The van der Waals surface area contributed by atoms with E-state index in [2.05, 4.69) is 34.4 Å². The van der Waals surface area contributed by atoms with Crippen LogP contribution in [-0.4, -0.2) is 134 Å². The number of rotatable bonds is 22. The number of imidazole rings is 1. The molecule has 7 atom stereocenters. The first-order valence-electron chi connectivity index (χ1n) is 15.2. The second kappa shape index (κ2) is 18.8. The summed E-state index contributed by atoms with van der Waals surface area (Å²) in [6, 6.07) is 0. The Kier molecular flexibility index (Phi) is 15.9. The molecule has 0 radical (unpaired) electrons. The van der Waals surface area contributed by atoms with Crippen molar-refractivity contribution in [3.05, 3.63) is 12.7 Å². The molecule has 2 aromatic rings. The Labute approximate surface area is 304 Å². The summed E-state index contributed by atoms with van der Waals surface area (Å²) in [5.41, 5.74) is 4.24. The highest BCUT2D eigenvalue weighted by molar-refractivity contribution is 7.99. The minimum absolute atomic E-state index is 0.0134. The molecule has 2 amide bonds. The van der Waals surface area contributed by atoms with E-state index in [1.165, 1.54) is 25.6 Å². The number of fused-ring (bicyclic) bond motifs is 1. The standard InChI is InChI=1S/C24H40N7O18P3S/c1-24(2,19(36)22(37)27-5-3-14(32)26-6-8-53-7-4-15(33)34)10-46-52(43,44)49-51(41,42)45-9-13-18(48-50(38,39)40)17(35)23(47-13)31-12-30-16-20(25)28-11-29-21(16)31/h11-13,17-19,23,35-36H,3-10H2,1-2H3,(H,26,32)(H,27,37)(H,33,34)(H,41,42)(H,43,44)(H2,25,28,29)(H2,38,39,40)/t13-,17-,18-,19?,23-/m1/s1. The van der Waals surface area contributed by atoms with Gasteiger partial charge in [-0.1, -0.05) is 13.8 Å². The number of ether oxygens (including phenoxy) is 1. The Hall–Kier alpha value is -2.64. The maximum atomic E-state index is 12.6. The summed E-state index contributed by atoms with van der Waals surface area (Å²) in [4.78, 5) is 85.7. The minimum Gasteiger partial charge on any atom is -0.481 e. The Morgan fingerprint density at radius 2 is 1.72 bits per heavy atom. The van der Waals surface area contributed by atoms with Crippen molar-refractivity contribution < 1.29 is 85.6 Å². The number of thioether (sulfide) groups is 1. The number of anilines is 1. The van der Waals surface area contributed by atoms with Crippen molar-refractivity contribution in [3.63, 3.8) is 0 Å². The van der Waals surface area contributed by atoms with Crippen molar-refractivity contribution in [2.75, 3.05) is 43.5 Å². The third kappa shape index (κ3) is 13.9. The fourth-order valence-electron chi connectivity index (χ4n) is 4.46. The molecule has 1 fully saturated rings. The lowest BCUT2D eigenvalue weighted by Gasteiger charge is -2.30. The Morgan fingerprint density at radius 1 is 1.04 bits per heavy atom. The molecule has 29 heteroatoms. The van der Waals surface area contributed by atoms with E-state index in [0.717, 1.165) is 17.2 Å². The predicted molar refractivity (Wildman–Crippen MR) is 179 cm³/mol. The summed E-state index contributed by atoms with van der Waals surface area (Å²) < 4.78 is 61.9. The van der Waals surface area contributed by atoms with Crippen molar-refractivity contribution in [1.82, 2.24) is 30.2 Å². The average molecular weight is 840 g/mol. The van der Waals surface area contributed by atoms with E-state index < -0.39 is 90.5 Å². The molecule has 0 spiro atoms. The number of aliphatic hydroxyl groups excluding tert-OH is 2. The van der Waals surface area contributed by atoms with Gasteiger partial charge in [-0.25, -0.2) is 28.6 Å². The van der Waals surface area contributed by atoms with E-state index >= 15 is 0 Å². The number of carboxylic acids is 1. The first kappa shape index (κ1) is 44.8. The van der Waals surface area contributed by atoms with Gasteiger partial charge in [0.15, 0.2) is 17.7 Å². The summed E-state index contributed by atoms with van der Waals surface area (Å²) in [6.45, 7) is 0.529. The summed E-state index contributed by atoms with van der Waals surface area (Å²) in [7, 11) is -16.4. The first-order chi connectivity index (χ1) is 24.5. The van der Waals surface area contributed by atoms with Gasteiger partial charge in [0.1, 0.15) is 36.3 Å². The van der Waals surface area contributed by atoms with Crippen LogP contribution >= 0.6 is 35.2 Å². The van der Waals surface area contributed by atoms with Gasteiger partial charge in [0.25, 0.3) is 0 Å². The summed E-state index contributed by atoms with van der Waals surface area (Å²) in [6.07, 6.45) is -6.94. The zero-order chi connectivity index (χ0) is 39.8. The number of amides is 2. The zero-order valence-electron chi connectivity index (χ0n) is 27.9. The topological polar surface area (TPSA) is 384 Å². The van der Waals surface area contributed by atoms with Gasteiger partial charge in [-0.15, -0.1) is 0 Å². The smallest absolute Gasteiger partial charge is 0.481 e. The second-order valence-electron chi connectivity index (χ2n) is 11.8. The number of carbonyl (C=O) groups is 3. The van der Waals surface area contributed by atoms with Gasteiger partial charge < -0.3 is 56.0 Å². The van der Waals surface area contributed by atoms with Gasteiger partial charge in [-0.05, 0) is 0 Å². The van der Waals surface area contributed by atoms with Gasteiger partial charge in [-0.3, -0.25) is 32.5 Å². The predicted octanol–water partition coefficient (Wildman–Crippen LogP) is -1.39. The lowest BCUT2D eigenvalue weighted by molar-refractivity contribution is -0.137. The number of nitrogens with zero attached hydrogens (tertiary/aromatic N) is 4. The molecule has 1 aliphatic rings. The van der Waals surface area contributed by atoms with Crippen LogP contribution in [-0.2, 0) is 50.7 Å². The van der Waals surface area contributed by atoms with E-state index in [-0.39, 0.29) is 42.9 Å². The van der Waals surface area contributed by atoms with Crippen LogP contribution in [0, 0.1) is 5.41 Å². The maximum Gasteiger partial charge on any atom is 0.481 e. The van der Waals surface area contributed by atoms with Crippen molar-refractivity contribution in [2.45, 2.75) is 57.3 Å².